The van der Waals surface area contributed by atoms with Gasteiger partial charge in [0, 0.05) is 0 Å². The van der Waals surface area contributed by atoms with Crippen molar-refractivity contribution in [1.82, 2.24) is 0 Å². The Labute approximate surface area is 57.4 Å². The highest BCUT2D eigenvalue weighted by atomic mass is 35.5. The maximum Gasteiger partial charge on any atom is 0.323 e. The SMILES string of the molecule is C[C@H](Cl)[C@H](Cl)C(=O)O. The van der Waals surface area contributed by atoms with Crippen LogP contribution in [0.15, 0.2) is 0 Å². The molecule has 0 amide bonds. The van der Waals surface area contributed by atoms with Crippen molar-refractivity contribution in [2.75, 3.05) is 0 Å². The van der Waals surface area contributed by atoms with Crippen molar-refractivity contribution in [3.63, 3.8) is 0 Å². The molecule has 0 bridgehead atoms. The molecule has 0 unspecified atom stereocenters. The molecule has 0 rings (SSSR count). The number of carbonyl (C=O) groups is 1. The standard InChI is InChI=1S/C4H6Cl2O2/c1-2(5)3(6)4(7)8/h2-3H,1H3,(H,7,8)/t2-,3-/m0/s1. The van der Waals surface area contributed by atoms with Crippen LogP contribution in [0.25, 0.3) is 0 Å². The first-order valence-corrected chi connectivity index (χ1v) is 2.94. The third-order valence-corrected chi connectivity index (χ3v) is 1.58. The van der Waals surface area contributed by atoms with Gasteiger partial charge >= 0.3 is 5.97 Å². The van der Waals surface area contributed by atoms with Crippen LogP contribution in [0.4, 0.5) is 0 Å². The van der Waals surface area contributed by atoms with E-state index in [2.05, 4.69) is 0 Å². The molecule has 4 heteroatoms. The Morgan fingerprint density at radius 2 is 2.00 bits per heavy atom. The van der Waals surface area contributed by atoms with Gasteiger partial charge in [-0.15, -0.1) is 23.2 Å². The molecule has 2 atom stereocenters. The minimum absolute atomic E-state index is 0.519. The highest BCUT2D eigenvalue weighted by Crippen LogP contribution is 2.08. The van der Waals surface area contributed by atoms with Crippen molar-refractivity contribution in [2.24, 2.45) is 0 Å². The lowest BCUT2D eigenvalue weighted by atomic mass is 10.3. The molecule has 8 heavy (non-hydrogen) atoms. The van der Waals surface area contributed by atoms with Gasteiger partial charge < -0.3 is 5.11 Å². The highest BCUT2D eigenvalue weighted by Gasteiger charge is 2.18. The number of carboxylic acids is 1. The van der Waals surface area contributed by atoms with E-state index in [0.29, 0.717) is 0 Å². The zero-order chi connectivity index (χ0) is 6.73. The molecule has 0 saturated carbocycles. The summed E-state index contributed by atoms with van der Waals surface area (Å²) in [4.78, 5) is 9.92. The summed E-state index contributed by atoms with van der Waals surface area (Å²) in [7, 11) is 0. The van der Waals surface area contributed by atoms with Gasteiger partial charge in [-0.2, -0.15) is 0 Å². The first-order chi connectivity index (χ1) is 3.55. The van der Waals surface area contributed by atoms with Gasteiger partial charge in [-0.05, 0) is 6.92 Å². The number of aliphatic carboxylic acids is 1. The van der Waals surface area contributed by atoms with Gasteiger partial charge in [0.2, 0.25) is 0 Å². The lowest BCUT2D eigenvalue weighted by Crippen LogP contribution is -2.21. The van der Waals surface area contributed by atoms with Crippen molar-refractivity contribution in [3.8, 4) is 0 Å². The summed E-state index contributed by atoms with van der Waals surface area (Å²) >= 11 is 10.5. The van der Waals surface area contributed by atoms with Crippen LogP contribution in [-0.4, -0.2) is 21.8 Å². The van der Waals surface area contributed by atoms with Crippen LogP contribution >= 0.6 is 23.2 Å². The second-order valence-corrected chi connectivity index (χ2v) is 2.58. The maximum atomic E-state index is 9.92. The van der Waals surface area contributed by atoms with Crippen molar-refractivity contribution in [1.29, 1.82) is 0 Å². The average molecular weight is 157 g/mol. The predicted octanol–water partition coefficient (Wildman–Crippen LogP) is 1.31. The van der Waals surface area contributed by atoms with Gasteiger partial charge in [-0.25, -0.2) is 0 Å². The molecule has 2 nitrogen and oxygen atoms in total. The fourth-order valence-corrected chi connectivity index (χ4v) is 0.304. The number of alkyl halides is 2. The fourth-order valence-electron chi connectivity index (χ4n) is 0.196. The Hall–Kier alpha value is 0.0500. The van der Waals surface area contributed by atoms with Crippen LogP contribution in [0.2, 0.25) is 0 Å². The minimum atomic E-state index is -1.07. The van der Waals surface area contributed by atoms with E-state index in [1.807, 2.05) is 0 Å². The Bertz CT molecular complexity index is 92.0. The smallest absolute Gasteiger partial charge is 0.323 e. The molecule has 0 radical (unpaired) electrons. The topological polar surface area (TPSA) is 37.3 Å². The molecule has 0 aliphatic heterocycles. The number of hydrogen-bond acceptors (Lipinski definition) is 1. The fraction of sp³-hybridized carbons (Fsp3) is 0.750. The van der Waals surface area contributed by atoms with Crippen molar-refractivity contribution in [3.05, 3.63) is 0 Å². The summed E-state index contributed by atoms with van der Waals surface area (Å²) in [5.74, 6) is -1.07. The number of hydrogen-bond donors (Lipinski definition) is 1. The van der Waals surface area contributed by atoms with Gasteiger partial charge in [-0.1, -0.05) is 0 Å². The van der Waals surface area contributed by atoms with Crippen LogP contribution in [0, 0.1) is 0 Å². The minimum Gasteiger partial charge on any atom is -0.480 e. The van der Waals surface area contributed by atoms with Crippen molar-refractivity contribution >= 4 is 29.2 Å². The van der Waals surface area contributed by atoms with E-state index in [4.69, 9.17) is 28.3 Å². The number of carboxylic acid groups (broad SMARTS) is 1. The predicted molar refractivity (Wildman–Crippen MR) is 32.6 cm³/mol. The lowest BCUT2D eigenvalue weighted by Gasteiger charge is -2.03. The molecule has 0 heterocycles. The summed E-state index contributed by atoms with van der Waals surface area (Å²) in [6.07, 6.45) is 0. The van der Waals surface area contributed by atoms with E-state index < -0.39 is 16.7 Å². The first kappa shape index (κ1) is 8.05. The molecule has 48 valence electrons. The van der Waals surface area contributed by atoms with Crippen molar-refractivity contribution in [2.45, 2.75) is 17.7 Å². The van der Waals surface area contributed by atoms with E-state index in [0.717, 1.165) is 0 Å². The second kappa shape index (κ2) is 3.15. The van der Waals surface area contributed by atoms with E-state index in [9.17, 15) is 4.79 Å². The van der Waals surface area contributed by atoms with E-state index in [1.165, 1.54) is 6.92 Å². The zero-order valence-corrected chi connectivity index (χ0v) is 5.78. The molecular formula is C4H6Cl2O2. The van der Waals surface area contributed by atoms with Gasteiger partial charge in [0.05, 0.1) is 5.38 Å². The summed E-state index contributed by atoms with van der Waals surface area (Å²) in [6.45, 7) is 1.54. The average Bonchev–Trinajstić information content (AvgIpc) is 1.64. The quantitative estimate of drug-likeness (QED) is 0.613. The largest absolute Gasteiger partial charge is 0.480 e. The summed E-state index contributed by atoms with van der Waals surface area (Å²) in [5, 5.41) is 6.64. The molecule has 0 aromatic rings. The van der Waals surface area contributed by atoms with Crippen LogP contribution in [0.3, 0.4) is 0 Å². The summed E-state index contributed by atoms with van der Waals surface area (Å²) < 4.78 is 0. The third-order valence-electron chi connectivity index (χ3n) is 0.639. The van der Waals surface area contributed by atoms with E-state index in [1.54, 1.807) is 0 Å². The first-order valence-electron chi connectivity index (χ1n) is 2.06. The molecule has 0 aromatic heterocycles. The van der Waals surface area contributed by atoms with E-state index >= 15 is 0 Å². The van der Waals surface area contributed by atoms with Crippen LogP contribution in [0.5, 0.6) is 0 Å². The summed E-state index contributed by atoms with van der Waals surface area (Å²) in [5.41, 5.74) is 0. The number of halogens is 2. The molecule has 0 aliphatic rings. The maximum absolute atomic E-state index is 9.92. The molecule has 0 spiro atoms. The van der Waals surface area contributed by atoms with E-state index in [-0.39, 0.29) is 0 Å². The number of rotatable bonds is 2. The van der Waals surface area contributed by atoms with Crippen LogP contribution in [0.1, 0.15) is 6.92 Å². The molecular weight excluding hydrogens is 151 g/mol. The van der Waals surface area contributed by atoms with Crippen LogP contribution in [-0.2, 0) is 4.79 Å². The zero-order valence-electron chi connectivity index (χ0n) is 4.27. The molecule has 0 aliphatic carbocycles. The van der Waals surface area contributed by atoms with Crippen molar-refractivity contribution < 1.29 is 9.90 Å². The van der Waals surface area contributed by atoms with Crippen LogP contribution < -0.4 is 0 Å². The summed E-state index contributed by atoms with van der Waals surface area (Å²) in [6, 6.07) is 0. The van der Waals surface area contributed by atoms with Gasteiger partial charge in [0.25, 0.3) is 0 Å². The lowest BCUT2D eigenvalue weighted by molar-refractivity contribution is -0.136. The highest BCUT2D eigenvalue weighted by molar-refractivity contribution is 6.36. The Kier molecular flexibility index (Phi) is 3.17. The Morgan fingerprint density at radius 3 is 2.00 bits per heavy atom. The molecule has 0 aromatic carbocycles. The second-order valence-electron chi connectivity index (χ2n) is 1.42. The molecule has 1 N–H and O–H groups in total. The molecule has 0 saturated heterocycles. The van der Waals surface area contributed by atoms with Gasteiger partial charge in [0.15, 0.2) is 0 Å². The molecule has 0 fully saturated rings. The Balaban J connectivity index is 3.64. The monoisotopic (exact) mass is 156 g/mol. The normalized spacial score (nSPS) is 17.4. The van der Waals surface area contributed by atoms with Gasteiger partial charge in [0.1, 0.15) is 5.38 Å². The Morgan fingerprint density at radius 1 is 1.62 bits per heavy atom. The third kappa shape index (κ3) is 2.38. The van der Waals surface area contributed by atoms with Gasteiger partial charge in [-0.3, -0.25) is 4.79 Å².